The van der Waals surface area contributed by atoms with Crippen molar-refractivity contribution in [2.45, 2.75) is 30.0 Å². The SMILES string of the molecule is N#CCCCS(=O)(=O)c1cccc(Oc2ccc(F)c(C3N=CNc4c3cccc4C(F)(F)F)c2)c1. The first-order valence-corrected chi connectivity index (χ1v) is 12.4. The van der Waals surface area contributed by atoms with Crippen molar-refractivity contribution in [3.05, 3.63) is 83.2 Å². The second-order valence-electron chi connectivity index (χ2n) is 7.93. The normalized spacial score (nSPS) is 15.0. The minimum Gasteiger partial charge on any atom is -0.457 e. The summed E-state index contributed by atoms with van der Waals surface area (Å²) in [4.78, 5) is 4.16. The van der Waals surface area contributed by atoms with Gasteiger partial charge in [-0.3, -0.25) is 4.99 Å². The molecule has 186 valence electrons. The van der Waals surface area contributed by atoms with Gasteiger partial charge < -0.3 is 10.1 Å². The Balaban J connectivity index is 1.64. The van der Waals surface area contributed by atoms with Crippen molar-refractivity contribution in [2.24, 2.45) is 4.99 Å². The topological polar surface area (TPSA) is 91.5 Å². The van der Waals surface area contributed by atoms with E-state index in [-0.39, 0.29) is 51.8 Å². The Kier molecular flexibility index (Phi) is 6.99. The molecule has 0 fully saturated rings. The number of ether oxygens (including phenoxy) is 1. The number of alkyl halides is 3. The van der Waals surface area contributed by atoms with Crippen LogP contribution in [0.5, 0.6) is 11.5 Å². The summed E-state index contributed by atoms with van der Waals surface area (Å²) in [6.45, 7) is 0. The Labute approximate surface area is 204 Å². The van der Waals surface area contributed by atoms with E-state index >= 15 is 0 Å². The molecular weight excluding hydrogens is 498 g/mol. The molecule has 0 bridgehead atoms. The van der Waals surface area contributed by atoms with Crippen molar-refractivity contribution in [1.29, 1.82) is 5.26 Å². The van der Waals surface area contributed by atoms with Crippen molar-refractivity contribution in [2.75, 3.05) is 11.1 Å². The third-order valence-electron chi connectivity index (χ3n) is 5.49. The van der Waals surface area contributed by atoms with Gasteiger partial charge in [-0.2, -0.15) is 18.4 Å². The Hall–Kier alpha value is -3.91. The van der Waals surface area contributed by atoms with E-state index < -0.39 is 33.4 Å². The molecule has 36 heavy (non-hydrogen) atoms. The number of hydrogen-bond acceptors (Lipinski definition) is 6. The third-order valence-corrected chi connectivity index (χ3v) is 7.29. The van der Waals surface area contributed by atoms with Crippen molar-refractivity contribution in [1.82, 2.24) is 0 Å². The Morgan fingerprint density at radius 1 is 1.03 bits per heavy atom. The molecule has 0 aromatic heterocycles. The van der Waals surface area contributed by atoms with Crippen LogP contribution in [0.1, 0.15) is 35.6 Å². The molecular formula is C25H19F4N3O3S. The van der Waals surface area contributed by atoms with Gasteiger partial charge in [0, 0.05) is 17.5 Å². The average molecular weight is 518 g/mol. The molecule has 1 N–H and O–H groups in total. The number of para-hydroxylation sites is 1. The van der Waals surface area contributed by atoms with Gasteiger partial charge in [0.15, 0.2) is 9.84 Å². The highest BCUT2D eigenvalue weighted by Gasteiger charge is 2.36. The molecule has 3 aromatic carbocycles. The van der Waals surface area contributed by atoms with Gasteiger partial charge in [-0.25, -0.2) is 12.8 Å². The minimum atomic E-state index is -4.61. The van der Waals surface area contributed by atoms with Gasteiger partial charge in [0.25, 0.3) is 0 Å². The van der Waals surface area contributed by atoms with E-state index in [9.17, 15) is 26.0 Å². The molecule has 0 radical (unpaired) electrons. The number of sulfone groups is 1. The van der Waals surface area contributed by atoms with E-state index in [1.807, 2.05) is 6.07 Å². The van der Waals surface area contributed by atoms with Gasteiger partial charge in [-0.1, -0.05) is 18.2 Å². The Bertz CT molecular complexity index is 1460. The Morgan fingerprint density at radius 2 is 1.78 bits per heavy atom. The van der Waals surface area contributed by atoms with Gasteiger partial charge in [-0.05, 0) is 48.9 Å². The lowest BCUT2D eigenvalue weighted by atomic mass is 9.93. The molecule has 1 unspecified atom stereocenters. The maximum absolute atomic E-state index is 14.8. The second-order valence-corrected chi connectivity index (χ2v) is 10.0. The molecule has 6 nitrogen and oxygen atoms in total. The maximum Gasteiger partial charge on any atom is 0.418 e. The van der Waals surface area contributed by atoms with Crippen molar-refractivity contribution < 1.29 is 30.7 Å². The van der Waals surface area contributed by atoms with E-state index in [4.69, 9.17) is 10.00 Å². The van der Waals surface area contributed by atoms with Crippen LogP contribution in [-0.4, -0.2) is 20.5 Å². The van der Waals surface area contributed by atoms with Gasteiger partial charge in [0.1, 0.15) is 23.4 Å². The fraction of sp³-hybridized carbons (Fsp3) is 0.200. The smallest absolute Gasteiger partial charge is 0.418 e. The van der Waals surface area contributed by atoms with Crippen molar-refractivity contribution in [3.63, 3.8) is 0 Å². The number of hydrogen-bond donors (Lipinski definition) is 1. The van der Waals surface area contributed by atoms with Gasteiger partial charge in [0.05, 0.1) is 34.3 Å². The zero-order valence-corrected chi connectivity index (χ0v) is 19.4. The number of unbranched alkanes of at least 4 members (excludes halogenated alkanes) is 1. The summed E-state index contributed by atoms with van der Waals surface area (Å²) in [5.74, 6) is -0.573. The minimum absolute atomic E-state index is 0.00824. The number of nitriles is 1. The summed E-state index contributed by atoms with van der Waals surface area (Å²) in [5.41, 5.74) is -0.957. The van der Waals surface area contributed by atoms with E-state index in [0.717, 1.165) is 18.5 Å². The molecule has 0 amide bonds. The first-order chi connectivity index (χ1) is 17.1. The third kappa shape index (κ3) is 5.33. The lowest BCUT2D eigenvalue weighted by molar-refractivity contribution is -0.137. The maximum atomic E-state index is 14.8. The van der Waals surface area contributed by atoms with E-state index in [1.54, 1.807) is 0 Å². The number of benzene rings is 3. The predicted molar refractivity (Wildman–Crippen MR) is 125 cm³/mol. The lowest BCUT2D eigenvalue weighted by Gasteiger charge is -2.25. The summed E-state index contributed by atoms with van der Waals surface area (Å²) in [6, 6.07) is 13.9. The highest BCUT2D eigenvalue weighted by molar-refractivity contribution is 7.91. The molecule has 1 atom stereocenters. The summed E-state index contributed by atoms with van der Waals surface area (Å²) in [7, 11) is -3.64. The average Bonchev–Trinajstić information content (AvgIpc) is 2.84. The largest absolute Gasteiger partial charge is 0.457 e. The summed E-state index contributed by atoms with van der Waals surface area (Å²) in [5, 5.41) is 11.1. The number of fused-ring (bicyclic) bond motifs is 1. The van der Waals surface area contributed by atoms with Crippen molar-refractivity contribution >= 4 is 21.9 Å². The van der Waals surface area contributed by atoms with E-state index in [2.05, 4.69) is 10.3 Å². The van der Waals surface area contributed by atoms with Crippen LogP contribution < -0.4 is 10.1 Å². The zero-order chi connectivity index (χ0) is 25.9. The molecule has 4 rings (SSSR count). The highest BCUT2D eigenvalue weighted by atomic mass is 32.2. The molecule has 1 aliphatic heterocycles. The molecule has 3 aromatic rings. The fourth-order valence-electron chi connectivity index (χ4n) is 3.82. The molecule has 0 aliphatic carbocycles. The van der Waals surface area contributed by atoms with Crippen LogP contribution in [0.25, 0.3) is 0 Å². The first-order valence-electron chi connectivity index (χ1n) is 10.8. The van der Waals surface area contributed by atoms with E-state index in [1.165, 1.54) is 48.5 Å². The van der Waals surface area contributed by atoms with Crippen LogP contribution in [-0.2, 0) is 16.0 Å². The second kappa shape index (κ2) is 9.99. The zero-order valence-electron chi connectivity index (χ0n) is 18.6. The predicted octanol–water partition coefficient (Wildman–Crippen LogP) is 6.26. The molecule has 0 saturated carbocycles. The number of anilines is 1. The van der Waals surface area contributed by atoms with Crippen LogP contribution in [0, 0.1) is 17.1 Å². The molecule has 0 spiro atoms. The van der Waals surface area contributed by atoms with Crippen LogP contribution in [0.4, 0.5) is 23.2 Å². The summed E-state index contributed by atoms with van der Waals surface area (Å²) >= 11 is 0. The monoisotopic (exact) mass is 517 g/mol. The van der Waals surface area contributed by atoms with Gasteiger partial charge in [0.2, 0.25) is 0 Å². The fourth-order valence-corrected chi connectivity index (χ4v) is 5.16. The summed E-state index contributed by atoms with van der Waals surface area (Å²) in [6.07, 6.45) is -3.21. The summed E-state index contributed by atoms with van der Waals surface area (Å²) < 4.78 is 86.0. The number of aliphatic imine (C=N–C) groups is 1. The van der Waals surface area contributed by atoms with E-state index in [0.29, 0.717) is 0 Å². The quantitative estimate of drug-likeness (QED) is 0.295. The molecule has 1 aliphatic rings. The number of rotatable bonds is 7. The number of nitrogens with one attached hydrogen (secondary N) is 1. The number of nitrogens with zero attached hydrogens (tertiary/aromatic N) is 2. The number of halogens is 4. The molecule has 0 saturated heterocycles. The molecule has 11 heteroatoms. The standard InChI is InChI=1S/C25H19F4N3O3S/c26-22-10-9-17(35-16-5-3-6-18(13-16)36(33,34)12-2-1-11-30)14-20(22)23-19-7-4-8-21(25(27,28)29)24(19)32-15-31-23/h3-10,13-15,23H,1-2,12H2,(H,31,32). The highest BCUT2D eigenvalue weighted by Crippen LogP contribution is 2.43. The van der Waals surface area contributed by atoms with Gasteiger partial charge in [-0.15, -0.1) is 0 Å². The lowest BCUT2D eigenvalue weighted by Crippen LogP contribution is -2.18. The van der Waals surface area contributed by atoms with Gasteiger partial charge >= 0.3 is 6.18 Å². The van der Waals surface area contributed by atoms with Crippen LogP contribution >= 0.6 is 0 Å². The Morgan fingerprint density at radius 3 is 2.53 bits per heavy atom. The first kappa shape index (κ1) is 25.2. The van der Waals surface area contributed by atoms with Crippen LogP contribution in [0.15, 0.2) is 70.6 Å². The van der Waals surface area contributed by atoms with Crippen molar-refractivity contribution in [3.8, 4) is 17.6 Å². The van der Waals surface area contributed by atoms with Crippen LogP contribution in [0.3, 0.4) is 0 Å². The van der Waals surface area contributed by atoms with Crippen LogP contribution in [0.2, 0.25) is 0 Å². The molecule has 1 heterocycles.